The Morgan fingerprint density at radius 1 is 0.893 bits per heavy atom. The number of hydrogen-bond acceptors (Lipinski definition) is 26. The summed E-state index contributed by atoms with van der Waals surface area (Å²) >= 11 is 0. The van der Waals surface area contributed by atoms with Crippen LogP contribution in [0, 0.1) is 0 Å². The molecule has 0 saturated carbocycles. The zero-order chi connectivity index (χ0) is 43.6. The minimum absolute atomic E-state index is 0.00941. The van der Waals surface area contributed by atoms with E-state index in [1.807, 2.05) is 6.92 Å². The minimum atomic E-state index is -4.06. The number of morpholine rings is 1. The summed E-state index contributed by atoms with van der Waals surface area (Å²) in [6.07, 6.45) is 0.127. The van der Waals surface area contributed by atoms with Gasteiger partial charge in [0.05, 0.1) is 38.5 Å². The van der Waals surface area contributed by atoms with Crippen LogP contribution < -0.4 is 58.1 Å². The molecule has 0 bridgehead atoms. The van der Waals surface area contributed by atoms with Crippen molar-refractivity contribution in [2.24, 2.45) is 17.4 Å². The SMILES string of the molecule is CO[Si]([O-])([O-])CCCNc1nc(CN)nc(NN)n1.[2H]OCC(C=O)OC(C)C=O.[2H]OCC1CN(Cc2nc(NN)nc(NCCC[Si]([O-])([O-])OC)n2)CC(C)O1. The molecule has 320 valence electrons. The van der Waals surface area contributed by atoms with Crippen molar-refractivity contribution in [1.29, 1.82) is 2.86 Å². The van der Waals surface area contributed by atoms with Crippen LogP contribution in [-0.4, -0.2) is 156 Å². The molecule has 0 radical (unpaired) electrons. The molecular formula is C28H54N14O12Si2-4. The Balaban J connectivity index is 0.000000483. The molecule has 0 aromatic carbocycles. The van der Waals surface area contributed by atoms with Crippen LogP contribution in [0.2, 0.25) is 12.1 Å². The maximum Gasteiger partial charge on any atom is 0.242 e. The lowest BCUT2D eigenvalue weighted by molar-refractivity contribution is -0.405. The van der Waals surface area contributed by atoms with Gasteiger partial charge in [0.2, 0.25) is 26.7 Å². The number of aliphatic hydroxyl groups is 2. The van der Waals surface area contributed by atoms with Crippen LogP contribution in [0.1, 0.15) is 38.3 Å². The van der Waals surface area contributed by atoms with Gasteiger partial charge >= 0.3 is 0 Å². The number of aldehydes is 2. The summed E-state index contributed by atoms with van der Waals surface area (Å²) in [6, 6.07) is -0.0884. The Hall–Kier alpha value is -3.57. The number of carbonyl (C=O) groups is 2. The highest BCUT2D eigenvalue weighted by molar-refractivity contribution is 6.54. The monoisotopic (exact) mass is 836 g/mol. The van der Waals surface area contributed by atoms with E-state index in [0.29, 0.717) is 75.7 Å². The fraction of sp³-hybridized carbons (Fsp3) is 0.714. The molecule has 3 rings (SSSR count). The summed E-state index contributed by atoms with van der Waals surface area (Å²) in [4.78, 5) is 92.0. The second-order valence-electron chi connectivity index (χ2n) is 11.9. The topological polar surface area (TPSA) is 411 Å². The van der Waals surface area contributed by atoms with Gasteiger partial charge in [-0.1, -0.05) is 12.1 Å². The normalized spacial score (nSPS) is 17.4. The number of nitrogen functional groups attached to an aromatic ring is 2. The van der Waals surface area contributed by atoms with Gasteiger partial charge in [-0.25, -0.2) is 11.7 Å². The van der Waals surface area contributed by atoms with Gasteiger partial charge in [-0.15, -0.1) is 0 Å². The fourth-order valence-electron chi connectivity index (χ4n) is 4.48. The molecule has 12 N–H and O–H groups in total. The molecule has 0 aliphatic carbocycles. The van der Waals surface area contributed by atoms with Crippen molar-refractivity contribution in [1.82, 2.24) is 34.8 Å². The number of aromatic nitrogens is 6. The van der Waals surface area contributed by atoms with Crippen molar-refractivity contribution in [2.45, 2.75) is 76.3 Å². The van der Waals surface area contributed by atoms with Gasteiger partial charge in [-0.05, 0) is 44.3 Å². The first-order valence-electron chi connectivity index (χ1n) is 18.0. The summed E-state index contributed by atoms with van der Waals surface area (Å²) in [5, 5.41) is 14.2. The standard InChI is InChI=1S/C14H27N7O5Si.C8H17N7O3Si.C6H10O4/c1-10-6-21(7-11(9-22)26-10)8-12-17-13(19-14(18-12)20-15)16-4-3-5-27(23,24)25-2;1-18-19(16,17)4-2-3-11-7-12-6(5-9)13-8(14-7)15-10;1-5(2-7)10-6(3-8)4-9/h10-11,22H,3-9,15H2,1-2H3,(H2,16,17,18,19,20);2-5,9-10H2,1H3,(H2,11,12,13,14,15);2-3,5-6,9H,4H2,1H3/q2*-2;/i22D;;9D. The third-order valence-corrected chi connectivity index (χ3v) is 10.3. The number of nitrogens with two attached hydrogens (primary N) is 3. The van der Waals surface area contributed by atoms with E-state index in [1.165, 1.54) is 6.92 Å². The van der Waals surface area contributed by atoms with E-state index < -0.39 is 29.8 Å². The van der Waals surface area contributed by atoms with Gasteiger partial charge in [0.1, 0.15) is 30.1 Å². The van der Waals surface area contributed by atoms with Crippen molar-refractivity contribution >= 4 is 54.0 Å². The largest absolute Gasteiger partial charge is 0.849 e. The average Bonchev–Trinajstić information content (AvgIpc) is 3.21. The predicted molar refractivity (Wildman–Crippen MR) is 195 cm³/mol. The quantitative estimate of drug-likeness (QED) is 0.0147. The molecule has 1 aliphatic rings. The lowest BCUT2D eigenvalue weighted by atomic mass is 10.2. The zero-order valence-electron chi connectivity index (χ0n) is 33.7. The van der Waals surface area contributed by atoms with Crippen molar-refractivity contribution in [3.8, 4) is 0 Å². The Kier molecular flexibility index (Phi) is 22.7. The summed E-state index contributed by atoms with van der Waals surface area (Å²) in [5.74, 6) is 12.5. The Morgan fingerprint density at radius 3 is 1.89 bits per heavy atom. The van der Waals surface area contributed by atoms with Crippen LogP contribution >= 0.6 is 0 Å². The van der Waals surface area contributed by atoms with E-state index in [4.69, 9.17) is 29.8 Å². The smallest absolute Gasteiger partial charge is 0.242 e. The Morgan fingerprint density at radius 2 is 1.43 bits per heavy atom. The molecule has 26 nitrogen and oxygen atoms in total. The molecule has 4 atom stereocenters. The maximum absolute atomic E-state index is 11.4. The van der Waals surface area contributed by atoms with Crippen LogP contribution in [-0.2, 0) is 41.0 Å². The van der Waals surface area contributed by atoms with E-state index >= 15 is 0 Å². The van der Waals surface area contributed by atoms with Crippen LogP contribution in [0.3, 0.4) is 0 Å². The van der Waals surface area contributed by atoms with Gasteiger partial charge < -0.3 is 73.7 Å². The lowest BCUT2D eigenvalue weighted by Crippen LogP contribution is -2.64. The van der Waals surface area contributed by atoms with Gasteiger partial charge in [0.15, 0.2) is 6.29 Å². The lowest BCUT2D eigenvalue weighted by Gasteiger charge is -2.44. The van der Waals surface area contributed by atoms with Crippen molar-refractivity contribution in [3.05, 3.63) is 11.6 Å². The molecular weight excluding hydrogens is 781 g/mol. The Bertz CT molecular complexity index is 1440. The molecule has 2 aromatic heterocycles. The number of carbonyl (C=O) groups excluding carboxylic acids is 2. The van der Waals surface area contributed by atoms with Crippen LogP contribution in [0.4, 0.5) is 23.8 Å². The second kappa shape index (κ2) is 27.1. The van der Waals surface area contributed by atoms with E-state index in [1.54, 1.807) is 0 Å². The first-order chi connectivity index (χ1) is 27.6. The van der Waals surface area contributed by atoms with E-state index in [-0.39, 0.29) is 61.9 Å². The Labute approximate surface area is 329 Å². The second-order valence-corrected chi connectivity index (χ2v) is 16.4. The molecule has 0 spiro atoms. The molecule has 3 heterocycles. The van der Waals surface area contributed by atoms with Crippen molar-refractivity contribution < 1.29 is 57.3 Å². The molecule has 1 aliphatic heterocycles. The first-order valence-corrected chi connectivity index (χ1v) is 21.1. The highest BCUT2D eigenvalue weighted by Crippen LogP contribution is 2.15. The van der Waals surface area contributed by atoms with Gasteiger partial charge in [-0.2, -0.15) is 29.9 Å². The third kappa shape index (κ3) is 21.1. The number of rotatable bonds is 25. The van der Waals surface area contributed by atoms with Gasteiger partial charge in [0, 0.05) is 40.4 Å². The zero-order valence-corrected chi connectivity index (χ0v) is 33.7. The fourth-order valence-corrected chi connectivity index (χ4v) is 6.11. The molecule has 0 amide bonds. The van der Waals surface area contributed by atoms with Crippen molar-refractivity contribution in [3.63, 3.8) is 0 Å². The average molecular weight is 837 g/mol. The maximum atomic E-state index is 11.4. The molecule has 4 unspecified atom stereocenters. The number of ether oxygens (including phenoxy) is 2. The first kappa shape index (κ1) is 46.8. The number of hydrazine groups is 2. The summed E-state index contributed by atoms with van der Waals surface area (Å²) in [6.45, 7) is 6.08. The van der Waals surface area contributed by atoms with Crippen LogP contribution in [0.25, 0.3) is 0 Å². The number of hydrogen-bond donors (Lipinski definition) is 9. The molecule has 1 fully saturated rings. The number of aliphatic hydroxyl groups excluding tert-OH is 2. The highest BCUT2D eigenvalue weighted by Gasteiger charge is 2.25. The molecule has 2 aromatic rings. The highest BCUT2D eigenvalue weighted by atomic mass is 28.4. The van der Waals surface area contributed by atoms with E-state index in [2.05, 4.69) is 75.4 Å². The molecule has 56 heavy (non-hydrogen) atoms. The van der Waals surface area contributed by atoms with Gasteiger partial charge in [0.25, 0.3) is 0 Å². The van der Waals surface area contributed by atoms with E-state index in [9.17, 15) is 28.8 Å². The minimum Gasteiger partial charge on any atom is -0.849 e. The number of nitrogens with zero attached hydrogens (tertiary/aromatic N) is 7. The van der Waals surface area contributed by atoms with Crippen molar-refractivity contribution in [2.75, 3.05) is 75.1 Å². The predicted octanol–water partition coefficient (Wildman–Crippen LogP) is -7.28. The molecule has 28 heteroatoms. The summed E-state index contributed by atoms with van der Waals surface area (Å²) in [5.41, 5.74) is 10.1. The van der Waals surface area contributed by atoms with E-state index in [0.717, 1.165) is 14.2 Å². The summed E-state index contributed by atoms with van der Waals surface area (Å²) < 4.78 is 32.6. The van der Waals surface area contributed by atoms with Crippen LogP contribution in [0.15, 0.2) is 0 Å². The summed E-state index contributed by atoms with van der Waals surface area (Å²) in [7, 11) is -5.75. The van der Waals surface area contributed by atoms with Crippen LogP contribution in [0.5, 0.6) is 0 Å². The number of nitrogens with one attached hydrogen (secondary N) is 4. The molecule has 1 saturated heterocycles. The number of anilines is 4. The van der Waals surface area contributed by atoms with Gasteiger partial charge in [-0.3, -0.25) is 15.8 Å². The third-order valence-electron chi connectivity index (χ3n) is 7.16.